The summed E-state index contributed by atoms with van der Waals surface area (Å²) < 4.78 is 28.5. The average Bonchev–Trinajstić information content (AvgIpc) is 2.43. The third-order valence-corrected chi connectivity index (χ3v) is 4.49. The second kappa shape index (κ2) is 5.01. The van der Waals surface area contributed by atoms with Crippen LogP contribution in [-0.4, -0.2) is 15.0 Å². The molecule has 0 aliphatic carbocycles. The molecule has 15 heavy (non-hydrogen) atoms. The van der Waals surface area contributed by atoms with Crippen LogP contribution < -0.4 is 0 Å². The molecule has 0 N–H and O–H groups in total. The van der Waals surface area contributed by atoms with Gasteiger partial charge in [0.1, 0.15) is 9.23 Å². The molecule has 3 nitrogen and oxygen atoms in total. The lowest BCUT2D eigenvalue weighted by Gasteiger charge is -2.06. The monoisotopic (exact) mass is 288 g/mol. The van der Waals surface area contributed by atoms with Crippen molar-refractivity contribution in [1.29, 1.82) is 0 Å². The Balaban J connectivity index is 2.91. The topological polar surface area (TPSA) is 43.4 Å². The fraction of sp³-hybridized carbons (Fsp3) is 0.500. The van der Waals surface area contributed by atoms with E-state index in [-0.39, 0.29) is 21.8 Å². The van der Waals surface area contributed by atoms with Crippen LogP contribution >= 0.6 is 34.5 Å². The highest BCUT2D eigenvalue weighted by Crippen LogP contribution is 2.35. The Hall–Kier alpha value is 0.190. The van der Waals surface area contributed by atoms with E-state index >= 15 is 0 Å². The van der Waals surface area contributed by atoms with Crippen molar-refractivity contribution in [1.82, 2.24) is 0 Å². The Morgan fingerprint density at radius 1 is 1.47 bits per heavy atom. The number of rotatable bonds is 4. The standard InChI is InChI=1S/C8H10Cl2O3S2/c1-5(2)4-13-15(11,12)6-3-7(9)14-8(6)10/h3,5H,4H2,1-2H3. The van der Waals surface area contributed by atoms with E-state index in [9.17, 15) is 8.42 Å². The Morgan fingerprint density at radius 2 is 2.07 bits per heavy atom. The maximum absolute atomic E-state index is 11.6. The molecule has 0 amide bonds. The maximum Gasteiger partial charge on any atom is 0.299 e. The highest BCUT2D eigenvalue weighted by molar-refractivity contribution is 7.87. The Kier molecular flexibility index (Phi) is 4.43. The molecule has 0 aliphatic rings. The zero-order valence-electron chi connectivity index (χ0n) is 8.16. The third kappa shape index (κ3) is 3.60. The average molecular weight is 289 g/mol. The van der Waals surface area contributed by atoms with Gasteiger partial charge in [-0.05, 0) is 12.0 Å². The summed E-state index contributed by atoms with van der Waals surface area (Å²) in [5.74, 6) is 0.132. The van der Waals surface area contributed by atoms with Gasteiger partial charge >= 0.3 is 0 Å². The molecule has 0 radical (unpaired) electrons. The number of hydrogen-bond donors (Lipinski definition) is 0. The lowest BCUT2D eigenvalue weighted by Crippen LogP contribution is -2.10. The Morgan fingerprint density at radius 3 is 2.47 bits per heavy atom. The first kappa shape index (κ1) is 13.3. The van der Waals surface area contributed by atoms with Gasteiger partial charge in [0.15, 0.2) is 0 Å². The smallest absolute Gasteiger partial charge is 0.266 e. The van der Waals surface area contributed by atoms with Crippen molar-refractivity contribution in [2.75, 3.05) is 6.61 Å². The van der Waals surface area contributed by atoms with Crippen LogP contribution in [-0.2, 0) is 14.3 Å². The number of halogens is 2. The van der Waals surface area contributed by atoms with Crippen molar-refractivity contribution in [3.8, 4) is 0 Å². The number of thiophene rings is 1. The molecule has 0 bridgehead atoms. The zero-order valence-corrected chi connectivity index (χ0v) is 11.3. The van der Waals surface area contributed by atoms with E-state index in [4.69, 9.17) is 27.4 Å². The summed E-state index contributed by atoms with van der Waals surface area (Å²) in [5.41, 5.74) is 0. The van der Waals surface area contributed by atoms with Gasteiger partial charge in [0.25, 0.3) is 10.1 Å². The summed E-state index contributed by atoms with van der Waals surface area (Å²) >= 11 is 12.4. The van der Waals surface area contributed by atoms with Crippen LogP contribution in [0.1, 0.15) is 13.8 Å². The summed E-state index contributed by atoms with van der Waals surface area (Å²) in [6.45, 7) is 3.85. The van der Waals surface area contributed by atoms with Crippen molar-refractivity contribution in [2.24, 2.45) is 5.92 Å². The molecule has 0 aromatic carbocycles. The molecule has 1 aromatic heterocycles. The normalized spacial score (nSPS) is 12.3. The van der Waals surface area contributed by atoms with Gasteiger partial charge in [-0.2, -0.15) is 8.42 Å². The molecular weight excluding hydrogens is 279 g/mol. The predicted molar refractivity (Wildman–Crippen MR) is 62.3 cm³/mol. The fourth-order valence-corrected chi connectivity index (χ4v) is 3.95. The highest BCUT2D eigenvalue weighted by Gasteiger charge is 2.22. The van der Waals surface area contributed by atoms with Crippen molar-refractivity contribution >= 4 is 44.7 Å². The number of hydrogen-bond acceptors (Lipinski definition) is 4. The first-order chi connectivity index (χ1) is 6.83. The van der Waals surface area contributed by atoms with Crippen molar-refractivity contribution < 1.29 is 12.6 Å². The predicted octanol–water partition coefficient (Wildman–Crippen LogP) is 3.42. The second-order valence-corrected chi connectivity index (χ2v) is 7.19. The molecule has 86 valence electrons. The van der Waals surface area contributed by atoms with E-state index in [0.717, 1.165) is 11.3 Å². The van der Waals surface area contributed by atoms with Gasteiger partial charge in [-0.3, -0.25) is 4.18 Å². The van der Waals surface area contributed by atoms with Gasteiger partial charge in [-0.15, -0.1) is 11.3 Å². The Bertz CT molecular complexity index is 437. The van der Waals surface area contributed by atoms with Crippen molar-refractivity contribution in [2.45, 2.75) is 18.7 Å². The van der Waals surface area contributed by atoms with Gasteiger partial charge in [0.2, 0.25) is 0 Å². The van der Waals surface area contributed by atoms with Crippen LogP contribution in [0, 0.1) is 5.92 Å². The van der Waals surface area contributed by atoms with Gasteiger partial charge in [0.05, 0.1) is 10.9 Å². The molecule has 0 unspecified atom stereocenters. The third-order valence-electron chi connectivity index (χ3n) is 1.45. The lowest BCUT2D eigenvalue weighted by molar-refractivity contribution is 0.275. The molecule has 1 aromatic rings. The summed E-state index contributed by atoms with van der Waals surface area (Å²) in [7, 11) is -3.77. The molecule has 1 rings (SSSR count). The van der Waals surface area contributed by atoms with Gasteiger partial charge in [-0.25, -0.2) is 0 Å². The van der Waals surface area contributed by atoms with Gasteiger partial charge in [-0.1, -0.05) is 37.0 Å². The van der Waals surface area contributed by atoms with E-state index in [0.29, 0.717) is 4.34 Å². The van der Waals surface area contributed by atoms with Crippen LogP contribution in [0.15, 0.2) is 11.0 Å². The summed E-state index contributed by atoms with van der Waals surface area (Å²) in [6, 6.07) is 1.30. The molecule has 0 saturated heterocycles. The zero-order chi connectivity index (χ0) is 11.6. The minimum atomic E-state index is -3.77. The van der Waals surface area contributed by atoms with Crippen LogP contribution in [0.2, 0.25) is 8.67 Å². The summed E-state index contributed by atoms with van der Waals surface area (Å²) in [4.78, 5) is -0.0557. The fourth-order valence-electron chi connectivity index (χ4n) is 0.785. The van der Waals surface area contributed by atoms with Crippen molar-refractivity contribution in [3.05, 3.63) is 14.7 Å². The van der Waals surface area contributed by atoms with Crippen LogP contribution in [0.25, 0.3) is 0 Å². The highest BCUT2D eigenvalue weighted by atomic mass is 35.5. The largest absolute Gasteiger partial charge is 0.299 e. The first-order valence-electron chi connectivity index (χ1n) is 4.17. The molecule has 0 saturated carbocycles. The molecule has 0 fully saturated rings. The SMILES string of the molecule is CC(C)COS(=O)(=O)c1cc(Cl)sc1Cl. The van der Waals surface area contributed by atoms with Crippen LogP contribution in [0.3, 0.4) is 0 Å². The Labute approximate surface area is 103 Å². The van der Waals surface area contributed by atoms with E-state index in [1.807, 2.05) is 13.8 Å². The van der Waals surface area contributed by atoms with Crippen LogP contribution in [0.4, 0.5) is 0 Å². The minimum absolute atomic E-state index is 0.0557. The van der Waals surface area contributed by atoms with E-state index in [1.54, 1.807) is 0 Å². The summed E-state index contributed by atoms with van der Waals surface area (Å²) in [5, 5.41) is 0. The van der Waals surface area contributed by atoms with E-state index in [1.165, 1.54) is 6.07 Å². The van der Waals surface area contributed by atoms with E-state index in [2.05, 4.69) is 0 Å². The van der Waals surface area contributed by atoms with Gasteiger partial charge in [0, 0.05) is 0 Å². The first-order valence-corrected chi connectivity index (χ1v) is 7.15. The maximum atomic E-state index is 11.6. The quantitative estimate of drug-likeness (QED) is 0.798. The van der Waals surface area contributed by atoms with Gasteiger partial charge < -0.3 is 0 Å². The molecular formula is C8H10Cl2O3S2. The molecule has 0 aliphatic heterocycles. The lowest BCUT2D eigenvalue weighted by atomic mass is 10.2. The molecule has 0 spiro atoms. The molecule has 0 atom stereocenters. The van der Waals surface area contributed by atoms with Crippen molar-refractivity contribution in [3.63, 3.8) is 0 Å². The minimum Gasteiger partial charge on any atom is -0.266 e. The summed E-state index contributed by atoms with van der Waals surface area (Å²) in [6.07, 6.45) is 0. The van der Waals surface area contributed by atoms with Crippen LogP contribution in [0.5, 0.6) is 0 Å². The molecule has 1 heterocycles. The molecule has 7 heteroatoms. The second-order valence-electron chi connectivity index (χ2n) is 3.32. The van der Waals surface area contributed by atoms with E-state index < -0.39 is 10.1 Å².